The minimum atomic E-state index is -0.596. The number of carbonyl (C=O) groups is 1. The maximum absolute atomic E-state index is 13.7. The fraction of sp³-hybridized carbons (Fsp3) is 0.562. The normalized spacial score (nSPS) is 18.0. The highest BCUT2D eigenvalue weighted by Crippen LogP contribution is 2.18. The molecule has 0 radical (unpaired) electrons. The van der Waals surface area contributed by atoms with Crippen molar-refractivity contribution in [1.82, 2.24) is 10.2 Å². The van der Waals surface area contributed by atoms with Gasteiger partial charge in [0.2, 0.25) is 5.91 Å². The van der Waals surface area contributed by atoms with Gasteiger partial charge in [-0.05, 0) is 50.9 Å². The van der Waals surface area contributed by atoms with Crippen molar-refractivity contribution in [1.29, 1.82) is 0 Å². The molecule has 1 aliphatic rings. The molecule has 21 heavy (non-hydrogen) atoms. The summed E-state index contributed by atoms with van der Waals surface area (Å²) in [6.07, 6.45) is 2.37. The number of nitrogens with zero attached hydrogens (tertiary/aromatic N) is 1. The van der Waals surface area contributed by atoms with Gasteiger partial charge in [0.25, 0.3) is 0 Å². The van der Waals surface area contributed by atoms with Crippen molar-refractivity contribution in [3.05, 3.63) is 35.4 Å². The van der Waals surface area contributed by atoms with E-state index in [0.29, 0.717) is 18.9 Å². The second kappa shape index (κ2) is 7.50. The molecule has 3 nitrogen and oxygen atoms in total. The molecule has 0 bridgehead atoms. The Morgan fingerprint density at radius 1 is 1.38 bits per heavy atom. The van der Waals surface area contributed by atoms with Gasteiger partial charge in [0.1, 0.15) is 11.6 Å². The Bertz CT molecular complexity index is 467. The Morgan fingerprint density at radius 2 is 2.10 bits per heavy atom. The molecule has 0 aromatic heterocycles. The van der Waals surface area contributed by atoms with Crippen LogP contribution in [0.4, 0.5) is 8.78 Å². The first-order chi connectivity index (χ1) is 10.1. The van der Waals surface area contributed by atoms with E-state index in [2.05, 4.69) is 5.32 Å². The van der Waals surface area contributed by atoms with Gasteiger partial charge in [-0.15, -0.1) is 0 Å². The number of amides is 1. The van der Waals surface area contributed by atoms with Crippen LogP contribution in [0, 0.1) is 17.6 Å². The molecule has 1 saturated heterocycles. The lowest BCUT2D eigenvalue weighted by Crippen LogP contribution is -2.31. The van der Waals surface area contributed by atoms with Crippen molar-refractivity contribution in [2.75, 3.05) is 19.6 Å². The molecule has 0 aliphatic carbocycles. The van der Waals surface area contributed by atoms with Crippen LogP contribution >= 0.6 is 0 Å². The summed E-state index contributed by atoms with van der Waals surface area (Å²) in [5.41, 5.74) is -0.0322. The molecule has 1 aromatic carbocycles. The van der Waals surface area contributed by atoms with Crippen LogP contribution in [0.1, 0.15) is 31.7 Å². The Balaban J connectivity index is 1.93. The average Bonchev–Trinajstić information content (AvgIpc) is 2.98. The molecule has 1 amide bonds. The quantitative estimate of drug-likeness (QED) is 0.875. The topological polar surface area (TPSA) is 32.3 Å². The fourth-order valence-corrected chi connectivity index (χ4v) is 2.70. The lowest BCUT2D eigenvalue weighted by Gasteiger charge is -2.22. The summed E-state index contributed by atoms with van der Waals surface area (Å²) in [6.45, 7) is 4.25. The minimum Gasteiger partial charge on any atom is -0.338 e. The Kier molecular flexibility index (Phi) is 5.67. The monoisotopic (exact) mass is 296 g/mol. The highest BCUT2D eigenvalue weighted by atomic mass is 19.1. The molecule has 1 aromatic rings. The lowest BCUT2D eigenvalue weighted by molar-refractivity contribution is -0.131. The minimum absolute atomic E-state index is 0.00322. The second-order valence-corrected chi connectivity index (χ2v) is 5.51. The van der Waals surface area contributed by atoms with Gasteiger partial charge in [-0.2, -0.15) is 0 Å². The third kappa shape index (κ3) is 4.24. The molecular formula is C16H22F2N2O. The van der Waals surface area contributed by atoms with Gasteiger partial charge < -0.3 is 10.2 Å². The molecule has 1 aliphatic heterocycles. The summed E-state index contributed by atoms with van der Waals surface area (Å²) >= 11 is 0. The maximum Gasteiger partial charge on any atom is 0.222 e. The van der Waals surface area contributed by atoms with Gasteiger partial charge in [0.15, 0.2) is 0 Å². The predicted molar refractivity (Wildman–Crippen MR) is 77.7 cm³/mol. The lowest BCUT2D eigenvalue weighted by atomic mass is 10.0. The molecule has 1 heterocycles. The average molecular weight is 296 g/mol. The Hall–Kier alpha value is -1.49. The summed E-state index contributed by atoms with van der Waals surface area (Å²) in [5, 5.41) is 3.27. The third-order valence-corrected chi connectivity index (χ3v) is 4.07. The molecule has 1 N–H and O–H groups in total. The van der Waals surface area contributed by atoms with E-state index in [0.717, 1.165) is 25.9 Å². The standard InChI is InChI=1S/C16H22F2N2O/c1-2-20(11-13-14(17)4-3-5-15(13)18)16(21)7-6-12-8-9-19-10-12/h3-5,12,19H,2,6-11H2,1H3. The van der Waals surface area contributed by atoms with Gasteiger partial charge in [-0.3, -0.25) is 4.79 Å². The van der Waals surface area contributed by atoms with E-state index in [9.17, 15) is 13.6 Å². The Morgan fingerprint density at radius 3 is 2.67 bits per heavy atom. The van der Waals surface area contributed by atoms with Gasteiger partial charge in [-0.25, -0.2) is 8.78 Å². The van der Waals surface area contributed by atoms with E-state index < -0.39 is 11.6 Å². The molecule has 5 heteroatoms. The molecule has 1 atom stereocenters. The molecule has 2 rings (SSSR count). The third-order valence-electron chi connectivity index (χ3n) is 4.07. The molecular weight excluding hydrogens is 274 g/mol. The molecule has 0 saturated carbocycles. The molecule has 1 fully saturated rings. The molecule has 0 spiro atoms. The van der Waals surface area contributed by atoms with Crippen LogP contribution < -0.4 is 5.32 Å². The molecule has 1 unspecified atom stereocenters. The second-order valence-electron chi connectivity index (χ2n) is 5.51. The van der Waals surface area contributed by atoms with E-state index in [-0.39, 0.29) is 18.0 Å². The number of hydrogen-bond acceptors (Lipinski definition) is 2. The predicted octanol–water partition coefficient (Wildman–Crippen LogP) is 2.70. The summed E-state index contributed by atoms with van der Waals surface area (Å²) in [6, 6.07) is 3.78. The van der Waals surface area contributed by atoms with Crippen molar-refractivity contribution < 1.29 is 13.6 Å². The first-order valence-corrected chi connectivity index (χ1v) is 7.53. The van der Waals surface area contributed by atoms with Crippen LogP contribution in [-0.4, -0.2) is 30.4 Å². The zero-order valence-corrected chi connectivity index (χ0v) is 12.4. The number of rotatable bonds is 6. The van der Waals surface area contributed by atoms with Crippen LogP contribution in [0.3, 0.4) is 0 Å². The van der Waals surface area contributed by atoms with Crippen LogP contribution in [-0.2, 0) is 11.3 Å². The van der Waals surface area contributed by atoms with E-state index in [1.54, 1.807) is 0 Å². The number of hydrogen-bond donors (Lipinski definition) is 1. The van der Waals surface area contributed by atoms with Crippen molar-refractivity contribution in [3.63, 3.8) is 0 Å². The van der Waals surface area contributed by atoms with Crippen LogP contribution in [0.15, 0.2) is 18.2 Å². The highest BCUT2D eigenvalue weighted by molar-refractivity contribution is 5.76. The van der Waals surface area contributed by atoms with Crippen molar-refractivity contribution in [3.8, 4) is 0 Å². The van der Waals surface area contributed by atoms with E-state index in [1.807, 2.05) is 6.92 Å². The largest absolute Gasteiger partial charge is 0.338 e. The molecule has 116 valence electrons. The highest BCUT2D eigenvalue weighted by Gasteiger charge is 2.20. The number of nitrogens with one attached hydrogen (secondary N) is 1. The number of carbonyl (C=O) groups excluding carboxylic acids is 1. The van der Waals surface area contributed by atoms with Gasteiger partial charge in [0.05, 0.1) is 6.54 Å². The summed E-state index contributed by atoms with van der Waals surface area (Å²) in [4.78, 5) is 13.7. The van der Waals surface area contributed by atoms with Gasteiger partial charge >= 0.3 is 0 Å². The van der Waals surface area contributed by atoms with Gasteiger partial charge in [-0.1, -0.05) is 6.07 Å². The SMILES string of the molecule is CCN(Cc1c(F)cccc1F)C(=O)CCC1CCNC1. The van der Waals surface area contributed by atoms with Crippen molar-refractivity contribution in [2.45, 2.75) is 32.7 Å². The van der Waals surface area contributed by atoms with Crippen molar-refractivity contribution in [2.24, 2.45) is 5.92 Å². The van der Waals surface area contributed by atoms with Crippen LogP contribution in [0.2, 0.25) is 0 Å². The Labute approximate surface area is 124 Å². The smallest absolute Gasteiger partial charge is 0.222 e. The zero-order chi connectivity index (χ0) is 15.2. The first kappa shape index (κ1) is 15.9. The van der Waals surface area contributed by atoms with Crippen LogP contribution in [0.5, 0.6) is 0 Å². The summed E-state index contributed by atoms with van der Waals surface area (Å²) in [5.74, 6) is -0.688. The van der Waals surface area contributed by atoms with E-state index in [4.69, 9.17) is 0 Å². The number of halogens is 2. The first-order valence-electron chi connectivity index (χ1n) is 7.53. The van der Waals surface area contributed by atoms with Crippen molar-refractivity contribution >= 4 is 5.91 Å². The maximum atomic E-state index is 13.7. The van der Waals surface area contributed by atoms with E-state index in [1.165, 1.54) is 23.1 Å². The van der Waals surface area contributed by atoms with Gasteiger partial charge in [0, 0.05) is 18.5 Å². The zero-order valence-electron chi connectivity index (χ0n) is 12.4. The number of benzene rings is 1. The van der Waals surface area contributed by atoms with Crippen LogP contribution in [0.25, 0.3) is 0 Å². The summed E-state index contributed by atoms with van der Waals surface area (Å²) in [7, 11) is 0. The fourth-order valence-electron chi connectivity index (χ4n) is 2.70. The summed E-state index contributed by atoms with van der Waals surface area (Å²) < 4.78 is 27.3. The van der Waals surface area contributed by atoms with E-state index >= 15 is 0 Å².